The smallest absolute Gasteiger partial charge is 0.0693 e. The number of aryl methyl sites for hydroxylation is 1. The summed E-state index contributed by atoms with van der Waals surface area (Å²) in [6, 6.07) is 3.56. The maximum absolute atomic E-state index is 5.71. The molecule has 3 heteroatoms. The first-order chi connectivity index (χ1) is 4.61. The monoisotopic (exact) mass is 175 g/mol. The summed E-state index contributed by atoms with van der Waals surface area (Å²) in [5, 5.41) is 1.04. The second kappa shape index (κ2) is 2.69. The largest absolute Gasteiger partial charge is 0.396 e. The van der Waals surface area contributed by atoms with E-state index in [-0.39, 0.29) is 0 Å². The summed E-state index contributed by atoms with van der Waals surface area (Å²) in [7, 11) is 0. The van der Waals surface area contributed by atoms with Crippen molar-refractivity contribution in [2.75, 3.05) is 5.73 Å². The summed E-state index contributed by atoms with van der Waals surface area (Å²) >= 11 is 11.4. The van der Waals surface area contributed by atoms with Gasteiger partial charge in [0, 0.05) is 0 Å². The lowest BCUT2D eigenvalue weighted by molar-refractivity contribution is 1.47. The van der Waals surface area contributed by atoms with E-state index in [1.54, 1.807) is 12.1 Å². The molecule has 0 bridgehead atoms. The predicted molar refractivity (Wildman–Crippen MR) is 45.6 cm³/mol. The summed E-state index contributed by atoms with van der Waals surface area (Å²) in [5.74, 6) is 0. The van der Waals surface area contributed by atoms with Crippen LogP contribution in [0.25, 0.3) is 0 Å². The highest BCUT2D eigenvalue weighted by Gasteiger charge is 2.00. The van der Waals surface area contributed by atoms with Gasteiger partial charge in [-0.05, 0) is 24.6 Å². The molecule has 54 valence electrons. The lowest BCUT2D eigenvalue weighted by Crippen LogP contribution is -1.87. The molecule has 1 nitrogen and oxygen atoms in total. The van der Waals surface area contributed by atoms with Crippen LogP contribution in [0.15, 0.2) is 12.1 Å². The van der Waals surface area contributed by atoms with Crippen LogP contribution in [0.2, 0.25) is 10.0 Å². The van der Waals surface area contributed by atoms with Crippen molar-refractivity contribution in [2.24, 2.45) is 0 Å². The van der Waals surface area contributed by atoms with Gasteiger partial charge in [0.2, 0.25) is 0 Å². The van der Waals surface area contributed by atoms with Gasteiger partial charge < -0.3 is 5.73 Å². The van der Waals surface area contributed by atoms with E-state index in [1.807, 2.05) is 6.92 Å². The van der Waals surface area contributed by atoms with E-state index in [0.29, 0.717) is 15.7 Å². The summed E-state index contributed by atoms with van der Waals surface area (Å²) in [4.78, 5) is 0. The molecule has 0 aliphatic rings. The van der Waals surface area contributed by atoms with Crippen molar-refractivity contribution in [3.05, 3.63) is 27.7 Å². The Morgan fingerprint density at radius 1 is 1.20 bits per heavy atom. The van der Waals surface area contributed by atoms with Crippen molar-refractivity contribution in [2.45, 2.75) is 6.92 Å². The average molecular weight is 176 g/mol. The van der Waals surface area contributed by atoms with Crippen molar-refractivity contribution < 1.29 is 0 Å². The molecule has 0 fully saturated rings. The number of nitrogen functional groups attached to an aromatic ring is 1. The molecule has 0 radical (unpaired) electrons. The molecular formula is C7H7Cl2N. The zero-order chi connectivity index (χ0) is 7.72. The Labute approximate surface area is 69.7 Å². The molecule has 2 N–H and O–H groups in total. The molecule has 0 spiro atoms. The lowest BCUT2D eigenvalue weighted by Gasteiger charge is -2.01. The van der Waals surface area contributed by atoms with Crippen molar-refractivity contribution in [3.63, 3.8) is 0 Å². The van der Waals surface area contributed by atoms with Crippen LogP contribution >= 0.6 is 23.2 Å². The first kappa shape index (κ1) is 7.70. The normalized spacial score (nSPS) is 9.90. The Bertz CT molecular complexity index is 235. The maximum Gasteiger partial charge on any atom is 0.0693 e. The Hall–Kier alpha value is -0.400. The minimum atomic E-state index is 0.453. The van der Waals surface area contributed by atoms with Gasteiger partial charge in [-0.3, -0.25) is 0 Å². The van der Waals surface area contributed by atoms with Crippen LogP contribution in [-0.2, 0) is 0 Å². The molecule has 0 amide bonds. The maximum atomic E-state index is 5.71. The first-order valence-corrected chi connectivity index (χ1v) is 3.58. The molecule has 0 saturated heterocycles. The molecule has 1 aromatic rings. The second-order valence-electron chi connectivity index (χ2n) is 2.14. The Kier molecular flexibility index (Phi) is 2.07. The standard InChI is InChI=1S/C7H7Cl2N/c1-4-2-5(8)7(10)6(9)3-4/h2-3H,10H2,1H3. The third kappa shape index (κ3) is 1.36. The third-order valence-corrected chi connectivity index (χ3v) is 1.85. The number of anilines is 1. The van der Waals surface area contributed by atoms with Crippen LogP contribution < -0.4 is 5.73 Å². The van der Waals surface area contributed by atoms with Crippen LogP contribution in [0.5, 0.6) is 0 Å². The number of nitrogens with two attached hydrogens (primary N) is 1. The number of benzene rings is 1. The minimum Gasteiger partial charge on any atom is -0.396 e. The van der Waals surface area contributed by atoms with E-state index < -0.39 is 0 Å². The number of rotatable bonds is 0. The Morgan fingerprint density at radius 2 is 1.60 bits per heavy atom. The van der Waals surface area contributed by atoms with Gasteiger partial charge in [-0.1, -0.05) is 23.2 Å². The van der Waals surface area contributed by atoms with Gasteiger partial charge in [0.15, 0.2) is 0 Å². The summed E-state index contributed by atoms with van der Waals surface area (Å²) in [6.45, 7) is 1.91. The van der Waals surface area contributed by atoms with Gasteiger partial charge in [0.25, 0.3) is 0 Å². The highest BCUT2D eigenvalue weighted by molar-refractivity contribution is 6.38. The molecule has 0 aliphatic heterocycles. The van der Waals surface area contributed by atoms with Crippen LogP contribution in [0.4, 0.5) is 5.69 Å². The molecule has 1 rings (SSSR count). The first-order valence-electron chi connectivity index (χ1n) is 2.82. The van der Waals surface area contributed by atoms with E-state index in [4.69, 9.17) is 28.9 Å². The zero-order valence-corrected chi connectivity index (χ0v) is 7.00. The molecule has 0 aromatic heterocycles. The SMILES string of the molecule is Cc1cc(Cl)c(N)c(Cl)c1. The number of hydrogen-bond donors (Lipinski definition) is 1. The number of hydrogen-bond acceptors (Lipinski definition) is 1. The fourth-order valence-electron chi connectivity index (χ4n) is 0.711. The predicted octanol–water partition coefficient (Wildman–Crippen LogP) is 2.88. The zero-order valence-electron chi connectivity index (χ0n) is 5.49. The molecule has 0 saturated carbocycles. The van der Waals surface area contributed by atoms with Crippen LogP contribution in [0.3, 0.4) is 0 Å². The van der Waals surface area contributed by atoms with Crippen molar-refractivity contribution in [1.29, 1.82) is 0 Å². The van der Waals surface area contributed by atoms with Crippen molar-refractivity contribution in [3.8, 4) is 0 Å². The Morgan fingerprint density at radius 3 is 2.00 bits per heavy atom. The fourth-order valence-corrected chi connectivity index (χ4v) is 1.31. The highest BCUT2D eigenvalue weighted by Crippen LogP contribution is 2.28. The van der Waals surface area contributed by atoms with Gasteiger partial charge in [-0.25, -0.2) is 0 Å². The van der Waals surface area contributed by atoms with Gasteiger partial charge in [-0.15, -0.1) is 0 Å². The van der Waals surface area contributed by atoms with Crippen molar-refractivity contribution in [1.82, 2.24) is 0 Å². The van der Waals surface area contributed by atoms with Crippen LogP contribution in [-0.4, -0.2) is 0 Å². The van der Waals surface area contributed by atoms with Gasteiger partial charge in [-0.2, -0.15) is 0 Å². The second-order valence-corrected chi connectivity index (χ2v) is 2.96. The van der Waals surface area contributed by atoms with Crippen LogP contribution in [0, 0.1) is 6.92 Å². The fraction of sp³-hybridized carbons (Fsp3) is 0.143. The Balaban J connectivity index is 3.31. The summed E-state index contributed by atoms with van der Waals surface area (Å²) < 4.78 is 0. The molecule has 0 unspecified atom stereocenters. The molecule has 1 aromatic carbocycles. The van der Waals surface area contributed by atoms with E-state index in [0.717, 1.165) is 5.56 Å². The minimum absolute atomic E-state index is 0.453. The average Bonchev–Trinajstić information content (AvgIpc) is 1.82. The summed E-state index contributed by atoms with van der Waals surface area (Å²) in [6.07, 6.45) is 0. The van der Waals surface area contributed by atoms with E-state index >= 15 is 0 Å². The third-order valence-electron chi connectivity index (χ3n) is 1.22. The molecule has 10 heavy (non-hydrogen) atoms. The molecule has 0 heterocycles. The highest BCUT2D eigenvalue weighted by atomic mass is 35.5. The van der Waals surface area contributed by atoms with E-state index in [2.05, 4.69) is 0 Å². The molecular weight excluding hydrogens is 169 g/mol. The summed E-state index contributed by atoms with van der Waals surface area (Å²) in [5.41, 5.74) is 6.96. The molecule has 0 aliphatic carbocycles. The number of halogens is 2. The molecule has 0 atom stereocenters. The van der Waals surface area contributed by atoms with E-state index in [9.17, 15) is 0 Å². The lowest BCUT2D eigenvalue weighted by atomic mass is 10.2. The van der Waals surface area contributed by atoms with Gasteiger partial charge >= 0.3 is 0 Å². The van der Waals surface area contributed by atoms with Crippen LogP contribution in [0.1, 0.15) is 5.56 Å². The van der Waals surface area contributed by atoms with Gasteiger partial charge in [0.05, 0.1) is 15.7 Å². The van der Waals surface area contributed by atoms with Crippen molar-refractivity contribution >= 4 is 28.9 Å². The quantitative estimate of drug-likeness (QED) is 0.604. The topological polar surface area (TPSA) is 26.0 Å². The van der Waals surface area contributed by atoms with E-state index in [1.165, 1.54) is 0 Å². The van der Waals surface area contributed by atoms with Gasteiger partial charge in [0.1, 0.15) is 0 Å².